The summed E-state index contributed by atoms with van der Waals surface area (Å²) < 4.78 is 10.5. The number of benzene rings is 2. The molecular weight excluding hydrogens is 358 g/mol. The third kappa shape index (κ3) is 7.11. The Morgan fingerprint density at radius 3 is 2.18 bits per heavy atom. The van der Waals surface area contributed by atoms with E-state index in [4.69, 9.17) is 9.47 Å². The summed E-state index contributed by atoms with van der Waals surface area (Å²) >= 11 is 0. The maximum atomic E-state index is 12.0. The molecule has 0 atom stereocenters. The largest absolute Gasteiger partial charge is 0.497 e. The second-order valence-corrected chi connectivity index (χ2v) is 7.08. The normalized spacial score (nSPS) is 11.1. The molecule has 2 rings (SSSR count). The van der Waals surface area contributed by atoms with Crippen LogP contribution in [0.3, 0.4) is 0 Å². The number of rotatable bonds is 7. The van der Waals surface area contributed by atoms with E-state index < -0.39 is 0 Å². The number of hydrogen-bond donors (Lipinski definition) is 2. The molecule has 0 bridgehead atoms. The maximum absolute atomic E-state index is 12.0. The van der Waals surface area contributed by atoms with Crippen LogP contribution in [0, 0.1) is 0 Å². The Bertz CT molecular complexity index is 822. The molecule has 2 aromatic rings. The molecule has 2 aromatic carbocycles. The van der Waals surface area contributed by atoms with E-state index in [2.05, 4.69) is 15.8 Å². The zero-order valence-electron chi connectivity index (χ0n) is 16.5. The van der Waals surface area contributed by atoms with Gasteiger partial charge >= 0.3 is 0 Å². The van der Waals surface area contributed by atoms with E-state index in [0.717, 1.165) is 5.56 Å². The highest BCUT2D eigenvalue weighted by molar-refractivity contribution is 5.95. The first-order chi connectivity index (χ1) is 13.3. The molecule has 0 heterocycles. The van der Waals surface area contributed by atoms with Crippen molar-refractivity contribution in [2.75, 3.05) is 13.7 Å². The molecule has 7 nitrogen and oxygen atoms in total. The molecule has 0 fully saturated rings. The number of nitrogens with one attached hydrogen (secondary N) is 2. The minimum atomic E-state index is -0.316. The summed E-state index contributed by atoms with van der Waals surface area (Å²) in [7, 11) is 1.57. The van der Waals surface area contributed by atoms with E-state index in [1.807, 2.05) is 20.8 Å². The van der Waals surface area contributed by atoms with Crippen LogP contribution < -0.4 is 20.2 Å². The van der Waals surface area contributed by atoms with Gasteiger partial charge in [0.2, 0.25) is 0 Å². The molecule has 0 aromatic heterocycles. The second-order valence-electron chi connectivity index (χ2n) is 7.08. The van der Waals surface area contributed by atoms with E-state index in [1.54, 1.807) is 55.6 Å². The second kappa shape index (κ2) is 9.55. The van der Waals surface area contributed by atoms with Crippen molar-refractivity contribution in [1.29, 1.82) is 0 Å². The summed E-state index contributed by atoms with van der Waals surface area (Å²) in [4.78, 5) is 23.8. The van der Waals surface area contributed by atoms with Crippen LogP contribution >= 0.6 is 0 Å². The Hall–Kier alpha value is -3.35. The van der Waals surface area contributed by atoms with Gasteiger partial charge in [0.15, 0.2) is 6.61 Å². The Morgan fingerprint density at radius 2 is 1.61 bits per heavy atom. The lowest BCUT2D eigenvalue weighted by Gasteiger charge is -2.20. The molecule has 2 amide bonds. The zero-order chi connectivity index (χ0) is 20.6. The molecule has 28 heavy (non-hydrogen) atoms. The van der Waals surface area contributed by atoms with E-state index >= 15 is 0 Å². The summed E-state index contributed by atoms with van der Waals surface area (Å²) in [6, 6.07) is 13.8. The Morgan fingerprint density at radius 1 is 1.00 bits per heavy atom. The Balaban J connectivity index is 1.82. The lowest BCUT2D eigenvalue weighted by atomic mass is 10.1. The van der Waals surface area contributed by atoms with Crippen LogP contribution in [0.2, 0.25) is 0 Å². The van der Waals surface area contributed by atoms with Gasteiger partial charge in [-0.2, -0.15) is 5.10 Å². The van der Waals surface area contributed by atoms with Gasteiger partial charge < -0.3 is 14.8 Å². The van der Waals surface area contributed by atoms with Crippen LogP contribution in [0.15, 0.2) is 53.6 Å². The van der Waals surface area contributed by atoms with Gasteiger partial charge in [0, 0.05) is 11.1 Å². The fourth-order valence-electron chi connectivity index (χ4n) is 2.23. The number of hydrogen-bond acceptors (Lipinski definition) is 5. The van der Waals surface area contributed by atoms with Crippen molar-refractivity contribution in [1.82, 2.24) is 10.7 Å². The smallest absolute Gasteiger partial charge is 0.271 e. The molecule has 0 spiro atoms. The highest BCUT2D eigenvalue weighted by Crippen LogP contribution is 2.12. The molecule has 0 saturated heterocycles. The van der Waals surface area contributed by atoms with E-state index in [9.17, 15) is 9.59 Å². The number of nitrogens with zero attached hydrogens (tertiary/aromatic N) is 1. The lowest BCUT2D eigenvalue weighted by Crippen LogP contribution is -2.43. The average molecular weight is 383 g/mol. The van der Waals surface area contributed by atoms with Gasteiger partial charge in [-0.3, -0.25) is 9.59 Å². The van der Waals surface area contributed by atoms with Crippen LogP contribution in [0.1, 0.15) is 36.7 Å². The first-order valence-corrected chi connectivity index (χ1v) is 8.78. The molecule has 0 aliphatic carbocycles. The number of methoxy groups -OCH3 is 1. The minimum Gasteiger partial charge on any atom is -0.497 e. The van der Waals surface area contributed by atoms with Gasteiger partial charge in [-0.05, 0) is 74.9 Å². The quantitative estimate of drug-likeness (QED) is 0.568. The third-order valence-corrected chi connectivity index (χ3v) is 3.50. The molecule has 2 N–H and O–H groups in total. The summed E-state index contributed by atoms with van der Waals surface area (Å²) in [5.41, 5.74) is 3.43. The van der Waals surface area contributed by atoms with E-state index in [-0.39, 0.29) is 24.0 Å². The molecular formula is C21H25N3O4. The fourth-order valence-corrected chi connectivity index (χ4v) is 2.23. The molecule has 148 valence electrons. The SMILES string of the molecule is COc1ccc(C(=O)N/N=C\c2ccc(OCC(=O)NC(C)(C)C)cc2)cc1. The van der Waals surface area contributed by atoms with Gasteiger partial charge in [0.05, 0.1) is 13.3 Å². The molecule has 0 aliphatic heterocycles. The predicted octanol–water partition coefficient (Wildman–Crippen LogP) is 2.75. The van der Waals surface area contributed by atoms with Crippen LogP contribution in [-0.4, -0.2) is 37.3 Å². The minimum absolute atomic E-state index is 0.0530. The van der Waals surface area contributed by atoms with Gasteiger partial charge in [-0.25, -0.2) is 5.43 Å². The molecule has 0 radical (unpaired) electrons. The first kappa shape index (κ1) is 21.0. The van der Waals surface area contributed by atoms with Crippen molar-refractivity contribution in [3.8, 4) is 11.5 Å². The van der Waals surface area contributed by atoms with Gasteiger partial charge in [-0.15, -0.1) is 0 Å². The fraction of sp³-hybridized carbons (Fsp3) is 0.286. The first-order valence-electron chi connectivity index (χ1n) is 8.78. The molecule has 0 saturated carbocycles. The van der Waals surface area contributed by atoms with Crippen molar-refractivity contribution < 1.29 is 19.1 Å². The van der Waals surface area contributed by atoms with Crippen molar-refractivity contribution in [2.45, 2.75) is 26.3 Å². The highest BCUT2D eigenvalue weighted by atomic mass is 16.5. The molecule has 7 heteroatoms. The Kier molecular flexibility index (Phi) is 7.14. The zero-order valence-corrected chi connectivity index (χ0v) is 16.5. The Labute approximate surface area is 164 Å². The summed E-state index contributed by atoms with van der Waals surface area (Å²) in [5.74, 6) is 0.754. The van der Waals surface area contributed by atoms with Crippen LogP contribution in [0.4, 0.5) is 0 Å². The van der Waals surface area contributed by atoms with Gasteiger partial charge in [0.1, 0.15) is 11.5 Å². The standard InChI is InChI=1S/C21H25N3O4/c1-21(2,3)23-19(25)14-28-18-9-5-15(6-10-18)13-22-24-20(26)16-7-11-17(27-4)12-8-16/h5-13H,14H2,1-4H3,(H,23,25)(H,24,26)/b22-13-. The van der Waals surface area contributed by atoms with Gasteiger partial charge in [0.25, 0.3) is 11.8 Å². The third-order valence-electron chi connectivity index (χ3n) is 3.50. The average Bonchev–Trinajstić information content (AvgIpc) is 2.66. The topological polar surface area (TPSA) is 89.0 Å². The van der Waals surface area contributed by atoms with Crippen molar-refractivity contribution >= 4 is 18.0 Å². The maximum Gasteiger partial charge on any atom is 0.271 e. The lowest BCUT2D eigenvalue weighted by molar-refractivity contribution is -0.124. The van der Waals surface area contributed by atoms with Crippen LogP contribution in [-0.2, 0) is 4.79 Å². The van der Waals surface area contributed by atoms with E-state index in [0.29, 0.717) is 17.1 Å². The van der Waals surface area contributed by atoms with Crippen molar-refractivity contribution in [2.24, 2.45) is 5.10 Å². The molecule has 0 unspecified atom stereocenters. The van der Waals surface area contributed by atoms with E-state index in [1.165, 1.54) is 6.21 Å². The monoisotopic (exact) mass is 383 g/mol. The number of carbonyl (C=O) groups excluding carboxylic acids is 2. The highest BCUT2D eigenvalue weighted by Gasteiger charge is 2.13. The van der Waals surface area contributed by atoms with Crippen molar-refractivity contribution in [3.63, 3.8) is 0 Å². The van der Waals surface area contributed by atoms with Crippen LogP contribution in [0.5, 0.6) is 11.5 Å². The van der Waals surface area contributed by atoms with Crippen molar-refractivity contribution in [3.05, 3.63) is 59.7 Å². The van der Waals surface area contributed by atoms with Gasteiger partial charge in [-0.1, -0.05) is 0 Å². The summed E-state index contributed by atoms with van der Waals surface area (Å²) in [6.45, 7) is 5.67. The summed E-state index contributed by atoms with van der Waals surface area (Å²) in [6.07, 6.45) is 1.53. The number of ether oxygens (including phenoxy) is 2. The summed E-state index contributed by atoms with van der Waals surface area (Å²) in [5, 5.41) is 6.77. The predicted molar refractivity (Wildman–Crippen MR) is 108 cm³/mol. The number of carbonyl (C=O) groups is 2. The van der Waals surface area contributed by atoms with Crippen LogP contribution in [0.25, 0.3) is 0 Å². The molecule has 0 aliphatic rings. The number of amides is 2. The number of hydrazone groups is 1.